The van der Waals surface area contributed by atoms with E-state index in [9.17, 15) is 13.5 Å². The zero-order valence-corrected chi connectivity index (χ0v) is 14.0. The fourth-order valence-corrected chi connectivity index (χ4v) is 3.12. The van der Waals surface area contributed by atoms with Gasteiger partial charge in [0.05, 0.1) is 19.0 Å². The van der Waals surface area contributed by atoms with Gasteiger partial charge >= 0.3 is 0 Å². The molecule has 0 radical (unpaired) electrons. The van der Waals surface area contributed by atoms with Gasteiger partial charge in [-0.15, -0.1) is 0 Å². The molecule has 5 atom stereocenters. The van der Waals surface area contributed by atoms with Gasteiger partial charge < -0.3 is 24.1 Å². The van der Waals surface area contributed by atoms with Gasteiger partial charge in [0.1, 0.15) is 18.3 Å². The highest BCUT2D eigenvalue weighted by atomic mass is 32.2. The van der Waals surface area contributed by atoms with E-state index in [2.05, 4.69) is 0 Å². The topological polar surface area (TPSA) is 101 Å². The van der Waals surface area contributed by atoms with Gasteiger partial charge in [0, 0.05) is 13.5 Å². The van der Waals surface area contributed by atoms with Gasteiger partial charge in [-0.1, -0.05) is 0 Å². The van der Waals surface area contributed by atoms with Crippen LogP contribution in [0.1, 0.15) is 26.7 Å². The van der Waals surface area contributed by atoms with Crippen LogP contribution < -0.4 is 0 Å². The van der Waals surface area contributed by atoms with Crippen molar-refractivity contribution in [1.29, 1.82) is 0 Å². The zero-order chi connectivity index (χ0) is 16.5. The van der Waals surface area contributed by atoms with Crippen LogP contribution in [-0.2, 0) is 33.2 Å². The first-order chi connectivity index (χ1) is 10.1. The predicted octanol–water partition coefficient (Wildman–Crippen LogP) is -0.00490. The molecule has 0 spiro atoms. The molecule has 0 unspecified atom stereocenters. The van der Waals surface area contributed by atoms with Crippen molar-refractivity contribution in [2.75, 3.05) is 20.0 Å². The molecule has 0 aliphatic carbocycles. The first-order valence-electron chi connectivity index (χ1n) is 7.17. The summed E-state index contributed by atoms with van der Waals surface area (Å²) in [6.45, 7) is 3.23. The Labute approximate surface area is 130 Å². The van der Waals surface area contributed by atoms with Crippen molar-refractivity contribution >= 4 is 10.1 Å². The van der Waals surface area contributed by atoms with Crippen molar-refractivity contribution in [1.82, 2.24) is 0 Å². The lowest BCUT2D eigenvalue weighted by Crippen LogP contribution is -2.51. The third-order valence-electron chi connectivity index (χ3n) is 3.64. The van der Waals surface area contributed by atoms with Crippen molar-refractivity contribution in [3.05, 3.63) is 0 Å². The summed E-state index contributed by atoms with van der Waals surface area (Å²) in [5.74, 6) is -0.917. The van der Waals surface area contributed by atoms with Crippen LogP contribution in [0.25, 0.3) is 0 Å². The number of hydrogen-bond donors (Lipinski definition) is 1. The van der Waals surface area contributed by atoms with E-state index < -0.39 is 46.6 Å². The van der Waals surface area contributed by atoms with Crippen LogP contribution in [-0.4, -0.2) is 70.0 Å². The van der Waals surface area contributed by atoms with E-state index in [0.717, 1.165) is 6.26 Å². The standard InChI is InChI=1S/C13H24O8S/c1-13(2)20-9(7-18-22(4,15)16)12(21-13)11-8(14)5-6-10(17-3)19-11/h8-12,14H,5-7H2,1-4H3/t8-,9-,10+,11+,12+/m0/s1. The Hall–Kier alpha value is -0.290. The lowest BCUT2D eigenvalue weighted by molar-refractivity contribution is -0.245. The molecule has 9 heteroatoms. The van der Waals surface area contributed by atoms with Crippen LogP contribution >= 0.6 is 0 Å². The summed E-state index contributed by atoms with van der Waals surface area (Å²) >= 11 is 0. The first kappa shape index (κ1) is 18.1. The SMILES string of the molecule is CO[C@H]1CC[C@H](O)[C@H]([C@@H]2OC(C)(C)O[C@H]2COS(C)(=O)=O)O1. The highest BCUT2D eigenvalue weighted by molar-refractivity contribution is 7.85. The van der Waals surface area contributed by atoms with E-state index in [1.54, 1.807) is 13.8 Å². The summed E-state index contributed by atoms with van der Waals surface area (Å²) < 4.78 is 49.5. The quantitative estimate of drug-likeness (QED) is 0.698. The third kappa shape index (κ3) is 4.60. The highest BCUT2D eigenvalue weighted by Gasteiger charge is 2.49. The van der Waals surface area contributed by atoms with Crippen molar-refractivity contribution in [2.24, 2.45) is 0 Å². The van der Waals surface area contributed by atoms with Crippen molar-refractivity contribution in [2.45, 2.75) is 63.2 Å². The molecule has 0 amide bonds. The molecule has 2 saturated heterocycles. The highest BCUT2D eigenvalue weighted by Crippen LogP contribution is 2.35. The van der Waals surface area contributed by atoms with Crippen LogP contribution in [0.4, 0.5) is 0 Å². The van der Waals surface area contributed by atoms with E-state index in [1.807, 2.05) is 0 Å². The molecule has 2 rings (SSSR count). The zero-order valence-electron chi connectivity index (χ0n) is 13.2. The van der Waals surface area contributed by atoms with E-state index in [-0.39, 0.29) is 6.61 Å². The van der Waals surface area contributed by atoms with Crippen LogP contribution in [0.15, 0.2) is 0 Å². The molecule has 0 bridgehead atoms. The molecular weight excluding hydrogens is 316 g/mol. The second-order valence-corrected chi connectivity index (χ2v) is 7.68. The largest absolute Gasteiger partial charge is 0.390 e. The van der Waals surface area contributed by atoms with Crippen LogP contribution in [0.5, 0.6) is 0 Å². The Morgan fingerprint density at radius 2 is 1.91 bits per heavy atom. The van der Waals surface area contributed by atoms with Crippen molar-refractivity contribution < 1.29 is 36.7 Å². The maximum absolute atomic E-state index is 11.2. The molecule has 22 heavy (non-hydrogen) atoms. The molecule has 2 fully saturated rings. The average molecular weight is 340 g/mol. The van der Waals surface area contributed by atoms with Crippen LogP contribution in [0.2, 0.25) is 0 Å². The second-order valence-electron chi connectivity index (χ2n) is 6.04. The van der Waals surface area contributed by atoms with Gasteiger partial charge in [-0.3, -0.25) is 4.18 Å². The number of aliphatic hydroxyl groups is 1. The Morgan fingerprint density at radius 1 is 1.23 bits per heavy atom. The molecule has 130 valence electrons. The Bertz CT molecular complexity index is 476. The fourth-order valence-electron chi connectivity index (χ4n) is 2.74. The monoisotopic (exact) mass is 340 g/mol. The van der Waals surface area contributed by atoms with E-state index in [1.165, 1.54) is 7.11 Å². The minimum absolute atomic E-state index is 0.197. The van der Waals surface area contributed by atoms with Crippen molar-refractivity contribution in [3.8, 4) is 0 Å². The molecule has 0 aromatic rings. The van der Waals surface area contributed by atoms with Crippen LogP contribution in [0.3, 0.4) is 0 Å². The molecule has 0 aromatic heterocycles. The fraction of sp³-hybridized carbons (Fsp3) is 1.00. The second kappa shape index (κ2) is 6.68. The Balaban J connectivity index is 2.10. The average Bonchev–Trinajstić information content (AvgIpc) is 2.71. The van der Waals surface area contributed by atoms with Gasteiger partial charge in [0.15, 0.2) is 12.1 Å². The Morgan fingerprint density at radius 3 is 2.50 bits per heavy atom. The molecule has 2 aliphatic heterocycles. The van der Waals surface area contributed by atoms with Crippen molar-refractivity contribution in [3.63, 3.8) is 0 Å². The number of ether oxygens (including phenoxy) is 4. The number of methoxy groups -OCH3 is 1. The summed E-state index contributed by atoms with van der Waals surface area (Å²) in [5.41, 5.74) is 0. The summed E-state index contributed by atoms with van der Waals surface area (Å²) in [5, 5.41) is 10.2. The lowest BCUT2D eigenvalue weighted by atomic mass is 9.97. The summed E-state index contributed by atoms with van der Waals surface area (Å²) in [6, 6.07) is 0. The number of rotatable bonds is 5. The molecular formula is C13H24O8S. The third-order valence-corrected chi connectivity index (χ3v) is 4.21. The van der Waals surface area contributed by atoms with Gasteiger partial charge in [-0.2, -0.15) is 8.42 Å². The molecule has 8 nitrogen and oxygen atoms in total. The number of aliphatic hydroxyl groups excluding tert-OH is 1. The molecule has 2 heterocycles. The van der Waals surface area contributed by atoms with E-state index in [4.69, 9.17) is 23.1 Å². The van der Waals surface area contributed by atoms with E-state index in [0.29, 0.717) is 12.8 Å². The number of hydrogen-bond acceptors (Lipinski definition) is 8. The van der Waals surface area contributed by atoms with Gasteiger partial charge in [0.2, 0.25) is 0 Å². The lowest BCUT2D eigenvalue weighted by Gasteiger charge is -2.37. The normalized spacial score (nSPS) is 39.0. The van der Waals surface area contributed by atoms with E-state index >= 15 is 0 Å². The molecule has 0 aromatic carbocycles. The minimum Gasteiger partial charge on any atom is -0.390 e. The van der Waals surface area contributed by atoms with Crippen LogP contribution in [0, 0.1) is 0 Å². The predicted molar refractivity (Wildman–Crippen MR) is 75.5 cm³/mol. The van der Waals surface area contributed by atoms with Gasteiger partial charge in [-0.25, -0.2) is 0 Å². The first-order valence-corrected chi connectivity index (χ1v) is 8.99. The maximum Gasteiger partial charge on any atom is 0.264 e. The molecule has 2 aliphatic rings. The summed E-state index contributed by atoms with van der Waals surface area (Å²) in [7, 11) is -2.07. The van der Waals surface area contributed by atoms with Gasteiger partial charge in [0.25, 0.3) is 10.1 Å². The summed E-state index contributed by atoms with van der Waals surface area (Å²) in [6.07, 6.45) is -1.11. The smallest absolute Gasteiger partial charge is 0.264 e. The van der Waals surface area contributed by atoms with Gasteiger partial charge in [-0.05, 0) is 20.3 Å². The minimum atomic E-state index is -3.60. The Kier molecular flexibility index (Phi) is 5.48. The molecule has 1 N–H and O–H groups in total. The maximum atomic E-state index is 11.2. The molecule has 0 saturated carbocycles. The summed E-state index contributed by atoms with van der Waals surface area (Å²) in [4.78, 5) is 0.